The van der Waals surface area contributed by atoms with E-state index in [-0.39, 0.29) is 29.7 Å². The number of piperidine rings is 1. The molecule has 1 aliphatic heterocycles. The number of anilines is 1. The summed E-state index contributed by atoms with van der Waals surface area (Å²) in [6, 6.07) is 14.1. The quantitative estimate of drug-likeness (QED) is 0.261. The van der Waals surface area contributed by atoms with Gasteiger partial charge in [-0.25, -0.2) is 13.1 Å². The Balaban J connectivity index is 0.00000320. The van der Waals surface area contributed by atoms with Crippen molar-refractivity contribution in [3.05, 3.63) is 53.4 Å². The first-order valence-electron chi connectivity index (χ1n) is 9.82. The molecule has 1 fully saturated rings. The summed E-state index contributed by atoms with van der Waals surface area (Å²) in [4.78, 5) is 6.64. The SMILES string of the molecule is CN=C(NCCS(=O)(=O)NCc1ccccc1)NC1CCN(c2cccs2)CC1.I. The van der Waals surface area contributed by atoms with E-state index in [9.17, 15) is 8.42 Å². The molecule has 0 unspecified atom stereocenters. The summed E-state index contributed by atoms with van der Waals surface area (Å²) in [6.45, 7) is 2.62. The number of sulfonamides is 1. The summed E-state index contributed by atoms with van der Waals surface area (Å²) in [7, 11) is -1.64. The molecule has 7 nitrogen and oxygen atoms in total. The molecular weight excluding hydrogens is 533 g/mol. The van der Waals surface area contributed by atoms with Gasteiger partial charge < -0.3 is 15.5 Å². The van der Waals surface area contributed by atoms with Crippen LogP contribution in [0.25, 0.3) is 0 Å². The lowest BCUT2D eigenvalue weighted by molar-refractivity contribution is 0.463. The highest BCUT2D eigenvalue weighted by atomic mass is 127. The van der Waals surface area contributed by atoms with Crippen molar-refractivity contribution in [1.82, 2.24) is 15.4 Å². The molecule has 166 valence electrons. The van der Waals surface area contributed by atoms with Crippen LogP contribution in [0.2, 0.25) is 0 Å². The fourth-order valence-corrected chi connectivity index (χ4v) is 4.93. The van der Waals surface area contributed by atoms with Crippen LogP contribution in [0.15, 0.2) is 52.8 Å². The molecule has 1 saturated heterocycles. The topological polar surface area (TPSA) is 85.8 Å². The Morgan fingerprint density at radius 3 is 2.53 bits per heavy atom. The predicted octanol–water partition coefficient (Wildman–Crippen LogP) is 2.62. The number of aliphatic imine (C=N–C) groups is 1. The lowest BCUT2D eigenvalue weighted by atomic mass is 10.1. The van der Waals surface area contributed by atoms with E-state index >= 15 is 0 Å². The van der Waals surface area contributed by atoms with Gasteiger partial charge in [0.15, 0.2) is 5.96 Å². The molecule has 2 aromatic rings. The molecule has 0 bridgehead atoms. The Morgan fingerprint density at radius 2 is 1.90 bits per heavy atom. The average Bonchev–Trinajstić information content (AvgIpc) is 3.28. The molecule has 1 aliphatic rings. The Hall–Kier alpha value is -1.37. The van der Waals surface area contributed by atoms with Crippen molar-refractivity contribution >= 4 is 56.3 Å². The molecular formula is C20H30IN5O2S2. The second-order valence-electron chi connectivity index (χ2n) is 6.98. The molecule has 0 aliphatic carbocycles. The van der Waals surface area contributed by atoms with Crippen LogP contribution in [0.5, 0.6) is 0 Å². The van der Waals surface area contributed by atoms with Gasteiger partial charge in [0, 0.05) is 39.3 Å². The zero-order chi connectivity index (χ0) is 20.5. The summed E-state index contributed by atoms with van der Waals surface area (Å²) in [5, 5.41) is 9.96. The molecule has 2 heterocycles. The van der Waals surface area contributed by atoms with Crippen LogP contribution in [-0.4, -0.2) is 52.9 Å². The van der Waals surface area contributed by atoms with E-state index in [1.807, 2.05) is 30.3 Å². The van der Waals surface area contributed by atoms with Gasteiger partial charge in [0.2, 0.25) is 10.0 Å². The largest absolute Gasteiger partial charge is 0.363 e. The molecule has 0 saturated carbocycles. The van der Waals surface area contributed by atoms with Crippen molar-refractivity contribution in [2.75, 3.05) is 37.3 Å². The minimum atomic E-state index is -3.35. The molecule has 1 aromatic carbocycles. The number of nitrogens with zero attached hydrogens (tertiary/aromatic N) is 2. The summed E-state index contributed by atoms with van der Waals surface area (Å²) in [5.41, 5.74) is 0.940. The number of guanidine groups is 1. The van der Waals surface area contributed by atoms with Gasteiger partial charge in [-0.3, -0.25) is 4.99 Å². The van der Waals surface area contributed by atoms with Crippen LogP contribution in [0.4, 0.5) is 5.00 Å². The van der Waals surface area contributed by atoms with E-state index < -0.39 is 10.0 Å². The molecule has 0 spiro atoms. The van der Waals surface area contributed by atoms with Crippen molar-refractivity contribution in [1.29, 1.82) is 0 Å². The Kier molecular flexibility index (Phi) is 10.4. The molecule has 0 amide bonds. The Bertz CT molecular complexity index is 868. The zero-order valence-electron chi connectivity index (χ0n) is 17.1. The normalized spacial score (nSPS) is 15.5. The lowest BCUT2D eigenvalue weighted by Crippen LogP contribution is -2.49. The summed E-state index contributed by atoms with van der Waals surface area (Å²) in [6.07, 6.45) is 2.05. The molecule has 10 heteroatoms. The molecule has 1 aromatic heterocycles. The van der Waals surface area contributed by atoms with Crippen LogP contribution in [0.3, 0.4) is 0 Å². The summed E-state index contributed by atoms with van der Waals surface area (Å²) in [5.74, 6) is 0.648. The van der Waals surface area contributed by atoms with E-state index in [1.54, 1.807) is 18.4 Å². The fourth-order valence-electron chi connectivity index (χ4n) is 3.25. The van der Waals surface area contributed by atoms with Gasteiger partial charge in [0.1, 0.15) is 0 Å². The van der Waals surface area contributed by atoms with Gasteiger partial charge in [-0.2, -0.15) is 0 Å². The van der Waals surface area contributed by atoms with Crippen LogP contribution in [0.1, 0.15) is 18.4 Å². The average molecular weight is 564 g/mol. The van der Waals surface area contributed by atoms with Crippen molar-refractivity contribution in [3.63, 3.8) is 0 Å². The van der Waals surface area contributed by atoms with E-state index in [0.717, 1.165) is 31.5 Å². The van der Waals surface area contributed by atoms with Crippen molar-refractivity contribution in [2.45, 2.75) is 25.4 Å². The van der Waals surface area contributed by atoms with E-state index in [1.165, 1.54) is 5.00 Å². The smallest absolute Gasteiger partial charge is 0.213 e. The number of thiophene rings is 1. The van der Waals surface area contributed by atoms with Gasteiger partial charge in [-0.05, 0) is 35.9 Å². The number of hydrogen-bond donors (Lipinski definition) is 3. The van der Waals surface area contributed by atoms with Gasteiger partial charge in [0.25, 0.3) is 0 Å². The highest BCUT2D eigenvalue weighted by Crippen LogP contribution is 2.24. The van der Waals surface area contributed by atoms with Gasteiger partial charge in [0.05, 0.1) is 10.8 Å². The number of halogens is 1. The highest BCUT2D eigenvalue weighted by Gasteiger charge is 2.20. The second-order valence-corrected chi connectivity index (χ2v) is 9.83. The molecule has 0 radical (unpaired) electrons. The highest BCUT2D eigenvalue weighted by molar-refractivity contribution is 14.0. The lowest BCUT2D eigenvalue weighted by Gasteiger charge is -2.33. The third kappa shape index (κ3) is 8.05. The first-order chi connectivity index (χ1) is 14.1. The van der Waals surface area contributed by atoms with Crippen molar-refractivity contribution in [3.8, 4) is 0 Å². The van der Waals surface area contributed by atoms with Crippen molar-refractivity contribution in [2.24, 2.45) is 4.99 Å². The maximum Gasteiger partial charge on any atom is 0.213 e. The summed E-state index contributed by atoms with van der Waals surface area (Å²) < 4.78 is 27.0. The number of benzene rings is 1. The third-order valence-electron chi connectivity index (χ3n) is 4.88. The summed E-state index contributed by atoms with van der Waals surface area (Å²) >= 11 is 1.77. The minimum Gasteiger partial charge on any atom is -0.363 e. The number of rotatable bonds is 8. The maximum atomic E-state index is 12.2. The van der Waals surface area contributed by atoms with Gasteiger partial charge >= 0.3 is 0 Å². The van der Waals surface area contributed by atoms with Crippen LogP contribution in [0, 0.1) is 0 Å². The number of nitrogens with one attached hydrogen (secondary N) is 3. The molecule has 3 N–H and O–H groups in total. The third-order valence-corrected chi connectivity index (χ3v) is 7.13. The van der Waals surface area contributed by atoms with Gasteiger partial charge in [-0.1, -0.05) is 30.3 Å². The minimum absolute atomic E-state index is 0. The van der Waals surface area contributed by atoms with E-state index in [2.05, 4.69) is 42.8 Å². The first kappa shape index (κ1) is 24.9. The van der Waals surface area contributed by atoms with Crippen LogP contribution in [-0.2, 0) is 16.6 Å². The molecule has 3 rings (SSSR count). The molecule has 30 heavy (non-hydrogen) atoms. The second kappa shape index (κ2) is 12.5. The molecule has 0 atom stereocenters. The standard InChI is InChI=1S/C20H29N5O2S2.HI/c1-21-20(24-18-9-12-25(13-10-18)19-8-5-14-28-19)22-11-15-29(26,27)23-16-17-6-3-2-4-7-17;/h2-8,14,18,23H,9-13,15-16H2,1H3,(H2,21,22,24);1H. The number of hydrogen-bond acceptors (Lipinski definition) is 5. The van der Waals surface area contributed by atoms with E-state index in [0.29, 0.717) is 25.1 Å². The van der Waals surface area contributed by atoms with Crippen LogP contribution >= 0.6 is 35.3 Å². The van der Waals surface area contributed by atoms with Crippen molar-refractivity contribution < 1.29 is 8.42 Å². The first-order valence-corrected chi connectivity index (χ1v) is 12.4. The fraction of sp³-hybridized carbons (Fsp3) is 0.450. The zero-order valence-corrected chi connectivity index (χ0v) is 21.0. The monoisotopic (exact) mass is 563 g/mol. The van der Waals surface area contributed by atoms with Gasteiger partial charge in [-0.15, -0.1) is 35.3 Å². The Morgan fingerprint density at radius 1 is 1.17 bits per heavy atom. The maximum absolute atomic E-state index is 12.2. The van der Waals surface area contributed by atoms with E-state index in [4.69, 9.17) is 0 Å². The van der Waals surface area contributed by atoms with Crippen LogP contribution < -0.4 is 20.3 Å². The Labute approximate surface area is 200 Å². The predicted molar refractivity (Wildman–Crippen MR) is 137 cm³/mol.